The third-order valence-corrected chi connectivity index (χ3v) is 4.42. The lowest BCUT2D eigenvalue weighted by atomic mass is 10.0. The molecule has 0 aliphatic carbocycles. The Morgan fingerprint density at radius 1 is 1.27 bits per heavy atom. The van der Waals surface area contributed by atoms with E-state index in [4.69, 9.17) is 4.84 Å². The van der Waals surface area contributed by atoms with Crippen LogP contribution in [0.15, 0.2) is 53.9 Å². The maximum absolute atomic E-state index is 12.3. The van der Waals surface area contributed by atoms with Crippen LogP contribution in [0.1, 0.15) is 37.3 Å². The van der Waals surface area contributed by atoms with Gasteiger partial charge in [-0.3, -0.25) is 9.20 Å². The highest BCUT2D eigenvalue weighted by atomic mass is 19.4. The molecular weight excluding hydrogens is 395 g/mol. The SMILES string of the molecule is CCCON=Cc1ccn2c(-c3cccc(CC(=O)CCC(F)(F)F)c3)cnc2c1. The zero-order valence-corrected chi connectivity index (χ0v) is 16.5. The Balaban J connectivity index is 1.75. The monoisotopic (exact) mass is 417 g/mol. The van der Waals surface area contributed by atoms with Crippen LogP contribution >= 0.6 is 0 Å². The molecule has 30 heavy (non-hydrogen) atoms. The molecule has 0 saturated carbocycles. The zero-order valence-electron chi connectivity index (χ0n) is 16.5. The molecule has 0 fully saturated rings. The smallest absolute Gasteiger partial charge is 0.389 e. The lowest BCUT2D eigenvalue weighted by Crippen LogP contribution is -2.12. The van der Waals surface area contributed by atoms with Gasteiger partial charge in [0.05, 0.1) is 24.5 Å². The van der Waals surface area contributed by atoms with Gasteiger partial charge in [-0.2, -0.15) is 13.2 Å². The van der Waals surface area contributed by atoms with Gasteiger partial charge < -0.3 is 4.84 Å². The minimum absolute atomic E-state index is 0.0287. The van der Waals surface area contributed by atoms with E-state index in [9.17, 15) is 18.0 Å². The molecule has 0 saturated heterocycles. The molecule has 0 atom stereocenters. The second kappa shape index (κ2) is 9.56. The van der Waals surface area contributed by atoms with Gasteiger partial charge in [-0.05, 0) is 30.2 Å². The molecule has 5 nitrogen and oxygen atoms in total. The highest BCUT2D eigenvalue weighted by Crippen LogP contribution is 2.24. The summed E-state index contributed by atoms with van der Waals surface area (Å²) in [5, 5.41) is 3.91. The van der Waals surface area contributed by atoms with Crippen molar-refractivity contribution < 1.29 is 22.8 Å². The highest BCUT2D eigenvalue weighted by molar-refractivity contribution is 5.82. The summed E-state index contributed by atoms with van der Waals surface area (Å²) in [7, 11) is 0. The van der Waals surface area contributed by atoms with Crippen LogP contribution in [0.2, 0.25) is 0 Å². The number of ketones is 1. The van der Waals surface area contributed by atoms with E-state index < -0.39 is 24.8 Å². The van der Waals surface area contributed by atoms with Gasteiger partial charge in [0.1, 0.15) is 18.0 Å². The highest BCUT2D eigenvalue weighted by Gasteiger charge is 2.27. The zero-order chi connectivity index (χ0) is 21.6. The maximum Gasteiger partial charge on any atom is 0.389 e. The fraction of sp³-hybridized carbons (Fsp3) is 0.318. The van der Waals surface area contributed by atoms with Gasteiger partial charge in [0, 0.05) is 30.2 Å². The molecule has 0 aliphatic rings. The summed E-state index contributed by atoms with van der Waals surface area (Å²) in [5.74, 6) is -0.433. The Hall–Kier alpha value is -3.16. The molecule has 1 aromatic carbocycles. The van der Waals surface area contributed by atoms with Crippen LogP contribution in [0, 0.1) is 0 Å². The average molecular weight is 417 g/mol. The first-order valence-corrected chi connectivity index (χ1v) is 9.66. The molecule has 0 amide bonds. The molecule has 8 heteroatoms. The molecule has 0 N–H and O–H groups in total. The lowest BCUT2D eigenvalue weighted by Gasteiger charge is -2.07. The maximum atomic E-state index is 12.3. The molecule has 2 heterocycles. The van der Waals surface area contributed by atoms with Crippen molar-refractivity contribution in [2.24, 2.45) is 5.16 Å². The number of halogens is 3. The van der Waals surface area contributed by atoms with Crippen molar-refractivity contribution in [2.75, 3.05) is 6.61 Å². The number of aromatic nitrogens is 2. The minimum Gasteiger partial charge on any atom is -0.396 e. The standard InChI is InChI=1S/C22H22F3N3O2/c1-2-10-30-27-14-17-7-9-28-20(15-26-21(28)13-17)18-5-3-4-16(11-18)12-19(29)6-8-22(23,24)25/h3-5,7,9,11,13-15H,2,6,8,10,12H2,1H3. The number of oxime groups is 1. The number of Topliss-reactive ketones (excluding diaryl/α,β-unsaturated/α-hetero) is 1. The van der Waals surface area contributed by atoms with Crippen molar-refractivity contribution in [3.8, 4) is 11.3 Å². The Morgan fingerprint density at radius 3 is 2.87 bits per heavy atom. The van der Waals surface area contributed by atoms with Crippen molar-refractivity contribution in [1.82, 2.24) is 9.38 Å². The summed E-state index contributed by atoms with van der Waals surface area (Å²) >= 11 is 0. The number of rotatable bonds is 9. The van der Waals surface area contributed by atoms with Crippen molar-refractivity contribution in [1.29, 1.82) is 0 Å². The second-order valence-electron chi connectivity index (χ2n) is 6.93. The summed E-state index contributed by atoms with van der Waals surface area (Å²) in [5.41, 5.74) is 3.89. The Kier molecular flexibility index (Phi) is 6.87. The van der Waals surface area contributed by atoms with Crippen LogP contribution < -0.4 is 0 Å². The summed E-state index contributed by atoms with van der Waals surface area (Å²) in [6.07, 6.45) is 0.140. The molecule has 0 unspecified atom stereocenters. The molecule has 0 aliphatic heterocycles. The van der Waals surface area contributed by atoms with E-state index in [0.717, 1.165) is 28.9 Å². The number of alkyl halides is 3. The lowest BCUT2D eigenvalue weighted by molar-refractivity contribution is -0.143. The van der Waals surface area contributed by atoms with Gasteiger partial charge in [0.25, 0.3) is 0 Å². The number of imidazole rings is 1. The molecule has 0 bridgehead atoms. The van der Waals surface area contributed by atoms with Crippen molar-refractivity contribution >= 4 is 17.6 Å². The number of benzene rings is 1. The van der Waals surface area contributed by atoms with Gasteiger partial charge in [0.2, 0.25) is 0 Å². The van der Waals surface area contributed by atoms with Gasteiger partial charge in [-0.15, -0.1) is 0 Å². The normalized spacial score (nSPS) is 12.0. The van der Waals surface area contributed by atoms with E-state index in [1.807, 2.05) is 41.8 Å². The van der Waals surface area contributed by atoms with Crippen LogP contribution in [0.5, 0.6) is 0 Å². The number of hydrogen-bond donors (Lipinski definition) is 0. The van der Waals surface area contributed by atoms with Crippen molar-refractivity contribution in [2.45, 2.75) is 38.8 Å². The van der Waals surface area contributed by atoms with Crippen molar-refractivity contribution in [3.05, 3.63) is 59.9 Å². The van der Waals surface area contributed by atoms with Gasteiger partial charge in [-0.25, -0.2) is 4.98 Å². The summed E-state index contributed by atoms with van der Waals surface area (Å²) in [6.45, 7) is 2.56. The van der Waals surface area contributed by atoms with E-state index in [2.05, 4.69) is 10.1 Å². The van der Waals surface area contributed by atoms with E-state index >= 15 is 0 Å². The number of pyridine rings is 1. The van der Waals surface area contributed by atoms with E-state index in [-0.39, 0.29) is 6.42 Å². The first-order chi connectivity index (χ1) is 14.4. The fourth-order valence-electron chi connectivity index (χ4n) is 2.97. The second-order valence-corrected chi connectivity index (χ2v) is 6.93. The van der Waals surface area contributed by atoms with Crippen LogP contribution in [-0.2, 0) is 16.1 Å². The van der Waals surface area contributed by atoms with E-state index in [0.29, 0.717) is 12.2 Å². The number of hydrogen-bond acceptors (Lipinski definition) is 4. The predicted molar refractivity (Wildman–Crippen MR) is 108 cm³/mol. The van der Waals surface area contributed by atoms with E-state index in [1.165, 1.54) is 0 Å². The topological polar surface area (TPSA) is 56.0 Å². The largest absolute Gasteiger partial charge is 0.396 e. The number of fused-ring (bicyclic) bond motifs is 1. The van der Waals surface area contributed by atoms with E-state index in [1.54, 1.807) is 24.5 Å². The molecule has 158 valence electrons. The molecule has 2 aromatic heterocycles. The fourth-order valence-corrected chi connectivity index (χ4v) is 2.97. The van der Waals surface area contributed by atoms with Gasteiger partial charge in [0.15, 0.2) is 0 Å². The summed E-state index contributed by atoms with van der Waals surface area (Å²) < 4.78 is 38.8. The molecule has 0 radical (unpaired) electrons. The molecule has 3 rings (SSSR count). The van der Waals surface area contributed by atoms with Crippen LogP contribution in [0.25, 0.3) is 16.9 Å². The third-order valence-electron chi connectivity index (χ3n) is 4.42. The van der Waals surface area contributed by atoms with Crippen LogP contribution in [0.3, 0.4) is 0 Å². The van der Waals surface area contributed by atoms with Crippen LogP contribution in [-0.4, -0.2) is 34.2 Å². The Labute approximate surface area is 172 Å². The first-order valence-electron chi connectivity index (χ1n) is 9.66. The predicted octanol–water partition coefficient (Wildman–Crippen LogP) is 5.22. The summed E-state index contributed by atoms with van der Waals surface area (Å²) in [4.78, 5) is 21.4. The number of carbonyl (C=O) groups is 1. The Morgan fingerprint density at radius 2 is 2.10 bits per heavy atom. The molecular formula is C22H22F3N3O2. The molecule has 0 spiro atoms. The minimum atomic E-state index is -4.32. The molecule has 3 aromatic rings. The van der Waals surface area contributed by atoms with Crippen molar-refractivity contribution in [3.63, 3.8) is 0 Å². The number of carbonyl (C=O) groups excluding carboxylic acids is 1. The quantitative estimate of drug-likeness (QED) is 0.273. The van der Waals surface area contributed by atoms with Gasteiger partial charge >= 0.3 is 6.18 Å². The third kappa shape index (κ3) is 5.92. The van der Waals surface area contributed by atoms with Crippen LogP contribution in [0.4, 0.5) is 13.2 Å². The Bertz CT molecular complexity index is 1040. The first kappa shape index (κ1) is 21.5. The number of nitrogens with zero attached hydrogens (tertiary/aromatic N) is 3. The van der Waals surface area contributed by atoms with Gasteiger partial charge in [-0.1, -0.05) is 30.3 Å². The summed E-state index contributed by atoms with van der Waals surface area (Å²) in [6, 6.07) is 11.0. The average Bonchev–Trinajstić information content (AvgIpc) is 3.13.